The van der Waals surface area contributed by atoms with Gasteiger partial charge in [-0.2, -0.15) is 0 Å². The van der Waals surface area contributed by atoms with E-state index in [1.165, 1.54) is 4.88 Å². The fraction of sp³-hybridized carbons (Fsp3) is 0.250. The largest absolute Gasteiger partial charge is 0.381 e. The molecule has 0 amide bonds. The first-order valence-corrected chi connectivity index (χ1v) is 5.91. The first-order chi connectivity index (χ1) is 7.34. The van der Waals surface area contributed by atoms with Crippen molar-refractivity contribution in [3.05, 3.63) is 46.9 Å². The molecule has 0 saturated carbocycles. The lowest BCUT2D eigenvalue weighted by Gasteiger charge is -2.13. The molecule has 2 aromatic rings. The molecule has 1 N–H and O–H groups in total. The smallest absolute Gasteiger partial charge is 0.0528 e. The molecule has 1 unspecified atom stereocenters. The predicted molar refractivity (Wildman–Crippen MR) is 65.3 cm³/mol. The highest BCUT2D eigenvalue weighted by Gasteiger charge is 2.03. The van der Waals surface area contributed by atoms with E-state index in [1.807, 2.05) is 18.3 Å². The van der Waals surface area contributed by atoms with E-state index in [0.717, 1.165) is 12.1 Å². The van der Waals surface area contributed by atoms with E-state index in [4.69, 9.17) is 0 Å². The van der Waals surface area contributed by atoms with Gasteiger partial charge in [0.05, 0.1) is 5.69 Å². The topological polar surface area (TPSA) is 24.9 Å². The first-order valence-electron chi connectivity index (χ1n) is 5.03. The second-order valence-electron chi connectivity index (χ2n) is 3.57. The van der Waals surface area contributed by atoms with Gasteiger partial charge >= 0.3 is 0 Å². The molecule has 0 aliphatic rings. The van der Waals surface area contributed by atoms with Crippen LogP contribution in [-0.2, 0) is 6.42 Å². The molecule has 3 heteroatoms. The third-order valence-corrected chi connectivity index (χ3v) is 3.06. The number of rotatable bonds is 4. The van der Waals surface area contributed by atoms with E-state index in [2.05, 4.69) is 34.7 Å². The molecule has 2 rings (SSSR count). The molecule has 78 valence electrons. The molecule has 2 heterocycles. The zero-order valence-electron chi connectivity index (χ0n) is 8.68. The van der Waals surface area contributed by atoms with Crippen LogP contribution in [0.15, 0.2) is 42.0 Å². The van der Waals surface area contributed by atoms with Crippen LogP contribution in [0.4, 0.5) is 5.69 Å². The normalized spacial score (nSPS) is 12.3. The second-order valence-corrected chi connectivity index (χ2v) is 4.60. The molecule has 0 aliphatic heterocycles. The van der Waals surface area contributed by atoms with Crippen LogP contribution in [0.25, 0.3) is 0 Å². The summed E-state index contributed by atoms with van der Waals surface area (Å²) in [5, 5.41) is 5.54. The number of nitrogens with one attached hydrogen (secondary N) is 1. The molecule has 1 atom stereocenters. The Balaban J connectivity index is 1.90. The van der Waals surface area contributed by atoms with Crippen LogP contribution >= 0.6 is 11.3 Å². The number of pyridine rings is 1. The van der Waals surface area contributed by atoms with Crippen LogP contribution < -0.4 is 5.32 Å². The van der Waals surface area contributed by atoms with Crippen molar-refractivity contribution in [3.8, 4) is 0 Å². The Morgan fingerprint density at radius 3 is 3.00 bits per heavy atom. The molecule has 0 fully saturated rings. The van der Waals surface area contributed by atoms with Gasteiger partial charge in [-0.25, -0.2) is 0 Å². The molecule has 0 aromatic carbocycles. The highest BCUT2D eigenvalue weighted by Crippen LogP contribution is 2.13. The van der Waals surface area contributed by atoms with Gasteiger partial charge in [-0.05, 0) is 30.5 Å². The molecule has 0 radical (unpaired) electrons. The summed E-state index contributed by atoms with van der Waals surface area (Å²) in [6.07, 6.45) is 4.70. The quantitative estimate of drug-likeness (QED) is 0.852. The van der Waals surface area contributed by atoms with Crippen LogP contribution in [0.5, 0.6) is 0 Å². The summed E-state index contributed by atoms with van der Waals surface area (Å²) in [5.41, 5.74) is 1.08. The van der Waals surface area contributed by atoms with Gasteiger partial charge in [-0.1, -0.05) is 6.07 Å². The Bertz CT molecular complexity index is 383. The molecule has 0 aliphatic carbocycles. The van der Waals surface area contributed by atoms with Crippen molar-refractivity contribution in [3.63, 3.8) is 0 Å². The molecular weight excluding hydrogens is 204 g/mol. The SMILES string of the molecule is CC(Cc1cccs1)Nc1cccnc1. The number of nitrogens with zero attached hydrogens (tertiary/aromatic N) is 1. The van der Waals surface area contributed by atoms with Crippen LogP contribution in [0.2, 0.25) is 0 Å². The maximum absolute atomic E-state index is 4.07. The van der Waals surface area contributed by atoms with Crippen molar-refractivity contribution >= 4 is 17.0 Å². The molecule has 15 heavy (non-hydrogen) atoms. The molecule has 2 nitrogen and oxygen atoms in total. The molecule has 0 spiro atoms. The zero-order valence-corrected chi connectivity index (χ0v) is 9.50. The molecule has 0 saturated heterocycles. The number of hydrogen-bond donors (Lipinski definition) is 1. The summed E-state index contributed by atoms with van der Waals surface area (Å²) in [4.78, 5) is 5.49. The van der Waals surface area contributed by atoms with Crippen LogP contribution in [-0.4, -0.2) is 11.0 Å². The average Bonchev–Trinajstić information content (AvgIpc) is 2.71. The maximum atomic E-state index is 4.07. The summed E-state index contributed by atoms with van der Waals surface area (Å²) in [6.45, 7) is 2.19. The van der Waals surface area contributed by atoms with Crippen molar-refractivity contribution < 1.29 is 0 Å². The first kappa shape index (κ1) is 10.2. The van der Waals surface area contributed by atoms with Crippen LogP contribution in [0.1, 0.15) is 11.8 Å². The highest BCUT2D eigenvalue weighted by molar-refractivity contribution is 7.09. The minimum atomic E-state index is 0.438. The minimum Gasteiger partial charge on any atom is -0.381 e. The van der Waals surface area contributed by atoms with Gasteiger partial charge in [0.25, 0.3) is 0 Å². The molecule has 0 bridgehead atoms. The third-order valence-electron chi connectivity index (χ3n) is 2.16. The van der Waals surface area contributed by atoms with Crippen molar-refractivity contribution in [2.24, 2.45) is 0 Å². The summed E-state index contributed by atoms with van der Waals surface area (Å²) in [7, 11) is 0. The average molecular weight is 218 g/mol. The summed E-state index contributed by atoms with van der Waals surface area (Å²) < 4.78 is 0. The lowest BCUT2D eigenvalue weighted by molar-refractivity contribution is 0.799. The fourth-order valence-electron chi connectivity index (χ4n) is 1.51. The molecule has 2 aromatic heterocycles. The zero-order chi connectivity index (χ0) is 10.5. The van der Waals surface area contributed by atoms with Gasteiger partial charge in [-0.15, -0.1) is 11.3 Å². The molecular formula is C12H14N2S. The van der Waals surface area contributed by atoms with Crippen LogP contribution in [0.3, 0.4) is 0 Å². The van der Waals surface area contributed by atoms with Crippen molar-refractivity contribution in [1.82, 2.24) is 4.98 Å². The van der Waals surface area contributed by atoms with Crippen molar-refractivity contribution in [1.29, 1.82) is 0 Å². The Hall–Kier alpha value is -1.35. The van der Waals surface area contributed by atoms with Gasteiger partial charge in [0.15, 0.2) is 0 Å². The summed E-state index contributed by atoms with van der Waals surface area (Å²) in [6, 6.07) is 8.69. The Labute approximate surface area is 94.0 Å². The van der Waals surface area contributed by atoms with E-state index in [0.29, 0.717) is 6.04 Å². The van der Waals surface area contributed by atoms with E-state index in [-0.39, 0.29) is 0 Å². The number of aromatic nitrogens is 1. The van der Waals surface area contributed by atoms with Crippen molar-refractivity contribution in [2.45, 2.75) is 19.4 Å². The summed E-state index contributed by atoms with van der Waals surface area (Å²) in [5.74, 6) is 0. The van der Waals surface area contributed by atoms with Gasteiger partial charge < -0.3 is 5.32 Å². The monoisotopic (exact) mass is 218 g/mol. The number of hydrogen-bond acceptors (Lipinski definition) is 3. The lowest BCUT2D eigenvalue weighted by Crippen LogP contribution is -2.17. The number of thiophene rings is 1. The number of anilines is 1. The maximum Gasteiger partial charge on any atom is 0.0528 e. The summed E-state index contributed by atoms with van der Waals surface area (Å²) >= 11 is 1.81. The third kappa shape index (κ3) is 3.06. The van der Waals surface area contributed by atoms with Gasteiger partial charge in [-0.3, -0.25) is 4.98 Å². The Morgan fingerprint density at radius 2 is 2.33 bits per heavy atom. The van der Waals surface area contributed by atoms with E-state index >= 15 is 0 Å². The Kier molecular flexibility index (Phi) is 3.35. The second kappa shape index (κ2) is 4.94. The van der Waals surface area contributed by atoms with Crippen LogP contribution in [0, 0.1) is 0 Å². The lowest BCUT2D eigenvalue weighted by atomic mass is 10.2. The highest BCUT2D eigenvalue weighted by atomic mass is 32.1. The predicted octanol–water partition coefficient (Wildman–Crippen LogP) is 3.19. The van der Waals surface area contributed by atoms with Gasteiger partial charge in [0, 0.05) is 29.7 Å². The van der Waals surface area contributed by atoms with Gasteiger partial charge in [0.1, 0.15) is 0 Å². The Morgan fingerprint density at radius 1 is 1.40 bits per heavy atom. The van der Waals surface area contributed by atoms with E-state index < -0.39 is 0 Å². The van der Waals surface area contributed by atoms with E-state index in [9.17, 15) is 0 Å². The fourth-order valence-corrected chi connectivity index (χ4v) is 2.35. The van der Waals surface area contributed by atoms with E-state index in [1.54, 1.807) is 17.5 Å². The van der Waals surface area contributed by atoms with Crippen molar-refractivity contribution in [2.75, 3.05) is 5.32 Å². The minimum absolute atomic E-state index is 0.438. The van der Waals surface area contributed by atoms with Gasteiger partial charge in [0.2, 0.25) is 0 Å². The standard InChI is InChI=1S/C12H14N2S/c1-10(8-12-5-3-7-15-12)14-11-4-2-6-13-9-11/h2-7,9-10,14H,8H2,1H3.